The Morgan fingerprint density at radius 2 is 1.05 bits per heavy atom. The Morgan fingerprint density at radius 1 is 0.682 bits per heavy atom. The van der Waals surface area contributed by atoms with Crippen molar-refractivity contribution in [1.82, 2.24) is 0 Å². The summed E-state index contributed by atoms with van der Waals surface area (Å²) in [7, 11) is 0. The number of carbonyl (C=O) groups is 1. The van der Waals surface area contributed by atoms with Crippen LogP contribution in [0.15, 0.2) is 0 Å². The Balaban J connectivity index is 3.01. The topological polar surface area (TPSA) is 26.3 Å². The van der Waals surface area contributed by atoms with Crippen molar-refractivity contribution in [2.75, 3.05) is 0 Å². The smallest absolute Gasteiger partial charge is 0.306 e. The van der Waals surface area contributed by atoms with Crippen molar-refractivity contribution in [3.8, 4) is 0 Å². The monoisotopic (exact) mass is 311 g/mol. The zero-order valence-electron chi connectivity index (χ0n) is 15.2. The van der Waals surface area contributed by atoms with Gasteiger partial charge < -0.3 is 4.74 Å². The van der Waals surface area contributed by atoms with Crippen LogP contribution in [0.3, 0.4) is 0 Å². The fourth-order valence-corrected chi connectivity index (χ4v) is 2.83. The van der Waals surface area contributed by atoms with Crippen molar-refractivity contribution in [2.45, 2.75) is 117 Å². The summed E-state index contributed by atoms with van der Waals surface area (Å²) in [5.74, 6) is -0.0859. The van der Waals surface area contributed by atoms with E-state index in [9.17, 15) is 4.79 Å². The largest absolute Gasteiger partial charge is 0.459 e. The normalized spacial score (nSPS) is 10.8. The predicted molar refractivity (Wildman–Crippen MR) is 95.6 cm³/mol. The average Bonchev–Trinajstić information content (AvgIpc) is 2.51. The summed E-state index contributed by atoms with van der Waals surface area (Å²) < 4.78 is 4.80. The van der Waals surface area contributed by atoms with Gasteiger partial charge in [-0.05, 0) is 13.3 Å². The van der Waals surface area contributed by atoms with E-state index < -0.39 is 0 Å². The maximum Gasteiger partial charge on any atom is 0.306 e. The molecule has 131 valence electrons. The van der Waals surface area contributed by atoms with E-state index in [1.165, 1.54) is 90.1 Å². The van der Waals surface area contributed by atoms with Crippen LogP contribution in [-0.4, -0.2) is 5.97 Å². The lowest BCUT2D eigenvalue weighted by molar-refractivity contribution is -0.140. The van der Waals surface area contributed by atoms with Gasteiger partial charge in [0.05, 0.1) is 0 Å². The molecule has 0 amide bonds. The molecule has 0 aliphatic carbocycles. The third kappa shape index (κ3) is 17.5. The van der Waals surface area contributed by atoms with Gasteiger partial charge in [-0.25, -0.2) is 0 Å². The van der Waals surface area contributed by atoms with E-state index in [-0.39, 0.29) is 5.97 Å². The van der Waals surface area contributed by atoms with Gasteiger partial charge >= 0.3 is 5.97 Å². The van der Waals surface area contributed by atoms with Crippen LogP contribution < -0.4 is 0 Å². The molecule has 0 rings (SSSR count). The van der Waals surface area contributed by atoms with Gasteiger partial charge in [0, 0.05) is 6.42 Å². The second kappa shape index (κ2) is 18.5. The SMILES string of the molecule is C[CH]OC(=O)CCCCCCCCCCCCCCCCC. The van der Waals surface area contributed by atoms with Gasteiger partial charge in [0.25, 0.3) is 0 Å². The molecule has 0 N–H and O–H groups in total. The number of ether oxygens (including phenoxy) is 1. The van der Waals surface area contributed by atoms with Gasteiger partial charge in [0.15, 0.2) is 0 Å². The fourth-order valence-electron chi connectivity index (χ4n) is 2.83. The van der Waals surface area contributed by atoms with Gasteiger partial charge in [0.1, 0.15) is 6.61 Å². The number of unbranched alkanes of at least 4 members (excludes halogenated alkanes) is 14. The first-order valence-corrected chi connectivity index (χ1v) is 9.78. The highest BCUT2D eigenvalue weighted by Gasteiger charge is 2.00. The van der Waals surface area contributed by atoms with Crippen LogP contribution in [0.4, 0.5) is 0 Å². The van der Waals surface area contributed by atoms with E-state index in [0.29, 0.717) is 6.42 Å². The van der Waals surface area contributed by atoms with Crippen LogP contribution in [0.5, 0.6) is 0 Å². The van der Waals surface area contributed by atoms with Crippen molar-refractivity contribution in [1.29, 1.82) is 0 Å². The van der Waals surface area contributed by atoms with E-state index in [0.717, 1.165) is 12.8 Å². The van der Waals surface area contributed by atoms with Crippen LogP contribution in [-0.2, 0) is 9.53 Å². The van der Waals surface area contributed by atoms with Gasteiger partial charge in [-0.15, -0.1) is 0 Å². The summed E-state index contributed by atoms with van der Waals surface area (Å²) in [6.07, 6.45) is 20.8. The second-order valence-corrected chi connectivity index (χ2v) is 6.43. The molecule has 0 bridgehead atoms. The molecule has 0 saturated heterocycles. The molecule has 0 fully saturated rings. The summed E-state index contributed by atoms with van der Waals surface area (Å²) >= 11 is 0. The molecule has 0 aromatic carbocycles. The van der Waals surface area contributed by atoms with Crippen LogP contribution >= 0.6 is 0 Å². The average molecular weight is 312 g/mol. The zero-order chi connectivity index (χ0) is 16.3. The minimum absolute atomic E-state index is 0.0859. The van der Waals surface area contributed by atoms with E-state index >= 15 is 0 Å². The first kappa shape index (κ1) is 21.5. The van der Waals surface area contributed by atoms with E-state index in [4.69, 9.17) is 4.74 Å². The summed E-state index contributed by atoms with van der Waals surface area (Å²) in [6, 6.07) is 0. The highest BCUT2D eigenvalue weighted by Crippen LogP contribution is 2.13. The maximum atomic E-state index is 11.1. The Morgan fingerprint density at radius 3 is 1.41 bits per heavy atom. The molecule has 0 aliphatic rings. The quantitative estimate of drug-likeness (QED) is 0.214. The first-order chi connectivity index (χ1) is 10.8. The van der Waals surface area contributed by atoms with Crippen molar-refractivity contribution in [3.63, 3.8) is 0 Å². The summed E-state index contributed by atoms with van der Waals surface area (Å²) in [4.78, 5) is 11.1. The predicted octanol–water partition coefficient (Wildman–Crippen LogP) is 6.97. The highest BCUT2D eigenvalue weighted by atomic mass is 16.5. The molecule has 0 aromatic rings. The number of rotatable bonds is 17. The van der Waals surface area contributed by atoms with Crippen LogP contribution in [0, 0.1) is 6.61 Å². The third-order valence-corrected chi connectivity index (χ3v) is 4.23. The van der Waals surface area contributed by atoms with Crippen molar-refractivity contribution in [2.24, 2.45) is 0 Å². The number of hydrogen-bond acceptors (Lipinski definition) is 2. The van der Waals surface area contributed by atoms with Crippen LogP contribution in [0.1, 0.15) is 117 Å². The molecule has 0 saturated carbocycles. The number of esters is 1. The lowest BCUT2D eigenvalue weighted by Gasteiger charge is -2.03. The minimum atomic E-state index is -0.0859. The summed E-state index contributed by atoms with van der Waals surface area (Å²) in [5.41, 5.74) is 0. The summed E-state index contributed by atoms with van der Waals surface area (Å²) in [5, 5.41) is 0. The standard InChI is InChI=1S/C20H39O2/c1-3-5-6-7-8-9-10-11-12-13-14-15-16-17-18-19-20(21)22-4-2/h4H,3,5-19H2,1-2H3. The zero-order valence-corrected chi connectivity index (χ0v) is 15.2. The Kier molecular flexibility index (Phi) is 18.1. The Bertz CT molecular complexity index is 226. The number of hydrogen-bond donors (Lipinski definition) is 0. The molecule has 22 heavy (non-hydrogen) atoms. The van der Waals surface area contributed by atoms with E-state index in [2.05, 4.69) is 6.92 Å². The van der Waals surface area contributed by atoms with E-state index in [1.807, 2.05) is 0 Å². The second-order valence-electron chi connectivity index (χ2n) is 6.43. The van der Waals surface area contributed by atoms with Gasteiger partial charge in [0.2, 0.25) is 0 Å². The number of carbonyl (C=O) groups excluding carboxylic acids is 1. The lowest BCUT2D eigenvalue weighted by atomic mass is 10.0. The van der Waals surface area contributed by atoms with Gasteiger partial charge in [-0.3, -0.25) is 4.79 Å². The minimum Gasteiger partial charge on any atom is -0.459 e. The molecule has 0 heterocycles. The molecule has 2 heteroatoms. The van der Waals surface area contributed by atoms with Crippen molar-refractivity contribution >= 4 is 5.97 Å². The molecule has 0 unspecified atom stereocenters. The van der Waals surface area contributed by atoms with Gasteiger partial charge in [-0.1, -0.05) is 96.8 Å². The van der Waals surface area contributed by atoms with E-state index in [1.54, 1.807) is 6.92 Å². The first-order valence-electron chi connectivity index (χ1n) is 9.78. The fraction of sp³-hybridized carbons (Fsp3) is 0.900. The molecule has 1 radical (unpaired) electrons. The molecule has 0 aliphatic heterocycles. The van der Waals surface area contributed by atoms with Gasteiger partial charge in [-0.2, -0.15) is 0 Å². The highest BCUT2D eigenvalue weighted by molar-refractivity contribution is 5.69. The lowest BCUT2D eigenvalue weighted by Crippen LogP contribution is -2.00. The van der Waals surface area contributed by atoms with Crippen molar-refractivity contribution in [3.05, 3.63) is 6.61 Å². The Labute approximate surface area is 139 Å². The molecule has 0 spiro atoms. The van der Waals surface area contributed by atoms with Crippen LogP contribution in [0.2, 0.25) is 0 Å². The summed E-state index contributed by atoms with van der Waals surface area (Å²) in [6.45, 7) is 5.48. The van der Waals surface area contributed by atoms with Crippen molar-refractivity contribution < 1.29 is 9.53 Å². The molecule has 0 atom stereocenters. The molecular weight excluding hydrogens is 272 g/mol. The Hall–Kier alpha value is -0.530. The molecule has 0 aromatic heterocycles. The van der Waals surface area contributed by atoms with Crippen LogP contribution in [0.25, 0.3) is 0 Å². The molecule has 2 nitrogen and oxygen atoms in total. The molecular formula is C20H39O2. The maximum absolute atomic E-state index is 11.1. The third-order valence-electron chi connectivity index (χ3n) is 4.23.